The fraction of sp³-hybridized carbons (Fsp3) is 0.562. The highest BCUT2D eigenvalue weighted by atomic mass is 16.5. The van der Waals surface area contributed by atoms with Crippen LogP contribution in [0.15, 0.2) is 23.4 Å². The van der Waals surface area contributed by atoms with Crippen molar-refractivity contribution >= 4 is 6.09 Å². The Morgan fingerprint density at radius 1 is 1.30 bits per heavy atom. The molecule has 128 valence electrons. The van der Waals surface area contributed by atoms with Crippen LogP contribution in [0.5, 0.6) is 11.5 Å². The van der Waals surface area contributed by atoms with Crippen LogP contribution in [0.1, 0.15) is 32.8 Å². The minimum absolute atomic E-state index is 0.0666. The summed E-state index contributed by atoms with van der Waals surface area (Å²) in [6.07, 6.45) is -0.405. The summed E-state index contributed by atoms with van der Waals surface area (Å²) in [5, 5.41) is 12.1. The normalized spacial score (nSPS) is 11.0. The van der Waals surface area contributed by atoms with Crippen LogP contribution in [0.2, 0.25) is 0 Å². The first-order valence-electron chi connectivity index (χ1n) is 7.39. The van der Waals surface area contributed by atoms with E-state index in [-0.39, 0.29) is 6.54 Å². The molecule has 0 aliphatic carbocycles. The van der Waals surface area contributed by atoms with Gasteiger partial charge in [0.2, 0.25) is 0 Å². The average Bonchev–Trinajstić information content (AvgIpc) is 2.45. The molecular formula is C16H24N2O5. The number of carbonyl (C=O) groups is 1. The molecule has 0 heterocycles. The van der Waals surface area contributed by atoms with E-state index in [0.29, 0.717) is 31.1 Å². The van der Waals surface area contributed by atoms with Crippen molar-refractivity contribution in [2.75, 3.05) is 20.3 Å². The molecule has 0 aliphatic heterocycles. The Morgan fingerprint density at radius 2 is 2.00 bits per heavy atom. The van der Waals surface area contributed by atoms with Gasteiger partial charge in [0, 0.05) is 12.1 Å². The molecule has 7 nitrogen and oxygen atoms in total. The lowest BCUT2D eigenvalue weighted by molar-refractivity contribution is 0.0960. The Labute approximate surface area is 136 Å². The van der Waals surface area contributed by atoms with E-state index in [1.165, 1.54) is 12.0 Å². The third kappa shape index (κ3) is 5.77. The van der Waals surface area contributed by atoms with Crippen molar-refractivity contribution in [2.45, 2.75) is 39.3 Å². The van der Waals surface area contributed by atoms with E-state index in [9.17, 15) is 14.8 Å². The summed E-state index contributed by atoms with van der Waals surface area (Å²) in [5.41, 5.74) is 0.275. The van der Waals surface area contributed by atoms with Gasteiger partial charge < -0.3 is 19.5 Å². The molecule has 23 heavy (non-hydrogen) atoms. The molecule has 1 N–H and O–H groups in total. The van der Waals surface area contributed by atoms with Gasteiger partial charge in [-0.05, 0) is 44.9 Å². The van der Waals surface area contributed by atoms with Crippen LogP contribution >= 0.6 is 0 Å². The zero-order chi connectivity index (χ0) is 17.5. The van der Waals surface area contributed by atoms with Gasteiger partial charge in [-0.25, -0.2) is 4.79 Å². The van der Waals surface area contributed by atoms with Crippen molar-refractivity contribution < 1.29 is 19.4 Å². The number of carboxylic acid groups (broad SMARTS) is 1. The smallest absolute Gasteiger partial charge is 0.407 e. The van der Waals surface area contributed by atoms with Gasteiger partial charge in [0.1, 0.15) is 6.54 Å². The van der Waals surface area contributed by atoms with Crippen LogP contribution in [-0.2, 0) is 6.54 Å². The Balaban J connectivity index is 2.62. The van der Waals surface area contributed by atoms with Crippen LogP contribution in [0.25, 0.3) is 0 Å². The second-order valence-corrected chi connectivity index (χ2v) is 6.08. The maximum Gasteiger partial charge on any atom is 0.407 e. The first-order valence-corrected chi connectivity index (χ1v) is 7.39. The summed E-state index contributed by atoms with van der Waals surface area (Å²) in [6, 6.07) is 5.17. The third-order valence-corrected chi connectivity index (χ3v) is 3.30. The van der Waals surface area contributed by atoms with Crippen LogP contribution in [0, 0.1) is 4.91 Å². The second-order valence-electron chi connectivity index (χ2n) is 6.08. The van der Waals surface area contributed by atoms with Crippen LogP contribution in [0.3, 0.4) is 0 Å². The fourth-order valence-electron chi connectivity index (χ4n) is 2.13. The Hall–Kier alpha value is -2.31. The molecule has 1 aromatic carbocycles. The predicted molar refractivity (Wildman–Crippen MR) is 87.1 cm³/mol. The number of nitroso groups, excluding NO2 is 1. The van der Waals surface area contributed by atoms with Gasteiger partial charge in [-0.2, -0.15) is 4.91 Å². The third-order valence-electron chi connectivity index (χ3n) is 3.30. The van der Waals surface area contributed by atoms with Gasteiger partial charge in [-0.15, -0.1) is 0 Å². The van der Waals surface area contributed by atoms with E-state index < -0.39 is 11.6 Å². The highest BCUT2D eigenvalue weighted by Crippen LogP contribution is 2.28. The van der Waals surface area contributed by atoms with Crippen molar-refractivity contribution in [1.29, 1.82) is 0 Å². The highest BCUT2D eigenvalue weighted by Gasteiger charge is 2.25. The van der Waals surface area contributed by atoms with E-state index in [4.69, 9.17) is 9.47 Å². The van der Waals surface area contributed by atoms with Crippen molar-refractivity contribution in [3.05, 3.63) is 28.7 Å². The molecule has 0 unspecified atom stereocenters. The molecule has 1 rings (SSSR count). The van der Waals surface area contributed by atoms with E-state index >= 15 is 0 Å². The molecule has 0 spiro atoms. The van der Waals surface area contributed by atoms with Crippen molar-refractivity contribution in [3.8, 4) is 11.5 Å². The molecule has 7 heteroatoms. The van der Waals surface area contributed by atoms with Crippen molar-refractivity contribution in [3.63, 3.8) is 0 Å². The van der Waals surface area contributed by atoms with Crippen LogP contribution in [0.4, 0.5) is 4.79 Å². The summed E-state index contributed by atoms with van der Waals surface area (Å²) in [4.78, 5) is 23.0. The summed E-state index contributed by atoms with van der Waals surface area (Å²) in [5.74, 6) is 1.08. The van der Waals surface area contributed by atoms with Crippen LogP contribution < -0.4 is 9.47 Å². The van der Waals surface area contributed by atoms with Gasteiger partial charge >= 0.3 is 6.09 Å². The molecule has 0 saturated carbocycles. The Kier molecular flexibility index (Phi) is 6.81. The fourth-order valence-corrected chi connectivity index (χ4v) is 2.13. The van der Waals surface area contributed by atoms with Gasteiger partial charge in [0.15, 0.2) is 11.5 Å². The van der Waals surface area contributed by atoms with Gasteiger partial charge in [0.05, 0.1) is 13.7 Å². The van der Waals surface area contributed by atoms with E-state index in [2.05, 4.69) is 5.18 Å². The van der Waals surface area contributed by atoms with Gasteiger partial charge in [-0.3, -0.25) is 0 Å². The summed E-state index contributed by atoms with van der Waals surface area (Å²) in [7, 11) is 1.53. The number of amides is 1. The SMILES string of the molecule is COc1ccc(CN=O)cc1OCCCN(C(=O)O)C(C)(C)C. The largest absolute Gasteiger partial charge is 0.493 e. The van der Waals surface area contributed by atoms with Crippen LogP contribution in [-0.4, -0.2) is 41.9 Å². The summed E-state index contributed by atoms with van der Waals surface area (Å²) < 4.78 is 10.9. The van der Waals surface area contributed by atoms with E-state index in [1.54, 1.807) is 18.2 Å². The standard InChI is InChI=1S/C16H24N2O5/c1-16(2,3)18(15(19)20)8-5-9-23-14-10-12(11-17-21)6-7-13(14)22-4/h6-7,10H,5,8-9,11H2,1-4H3,(H,19,20). The number of methoxy groups -OCH3 is 1. The van der Waals surface area contributed by atoms with E-state index in [1.807, 2.05) is 20.8 Å². The molecule has 0 saturated heterocycles. The maximum atomic E-state index is 11.3. The quantitative estimate of drug-likeness (QED) is 0.584. The number of ether oxygens (including phenoxy) is 2. The monoisotopic (exact) mass is 324 g/mol. The molecule has 1 amide bonds. The number of rotatable bonds is 8. The first-order chi connectivity index (χ1) is 10.8. The van der Waals surface area contributed by atoms with Crippen molar-refractivity contribution in [1.82, 2.24) is 4.90 Å². The molecule has 0 atom stereocenters. The predicted octanol–water partition coefficient (Wildman–Crippen LogP) is 3.51. The minimum Gasteiger partial charge on any atom is -0.493 e. The number of benzene rings is 1. The zero-order valence-corrected chi connectivity index (χ0v) is 14.0. The van der Waals surface area contributed by atoms with E-state index in [0.717, 1.165) is 5.56 Å². The second kappa shape index (κ2) is 8.36. The molecule has 0 aliphatic rings. The summed E-state index contributed by atoms with van der Waals surface area (Å²) >= 11 is 0. The Morgan fingerprint density at radius 3 is 2.52 bits per heavy atom. The number of hydrogen-bond acceptors (Lipinski definition) is 5. The molecular weight excluding hydrogens is 300 g/mol. The lowest BCUT2D eigenvalue weighted by atomic mass is 10.1. The van der Waals surface area contributed by atoms with Crippen molar-refractivity contribution in [2.24, 2.45) is 5.18 Å². The average molecular weight is 324 g/mol. The highest BCUT2D eigenvalue weighted by molar-refractivity contribution is 5.65. The van der Waals surface area contributed by atoms with Gasteiger partial charge in [-0.1, -0.05) is 11.2 Å². The molecule has 0 fully saturated rings. The maximum absolute atomic E-state index is 11.3. The topological polar surface area (TPSA) is 88.4 Å². The molecule has 0 bridgehead atoms. The first kappa shape index (κ1) is 18.7. The number of hydrogen-bond donors (Lipinski definition) is 1. The number of nitrogens with zero attached hydrogens (tertiary/aromatic N) is 2. The zero-order valence-electron chi connectivity index (χ0n) is 14.0. The molecule has 1 aromatic rings. The Bertz CT molecular complexity index is 540. The minimum atomic E-state index is -0.950. The molecule has 0 radical (unpaired) electrons. The lowest BCUT2D eigenvalue weighted by Crippen LogP contribution is -2.45. The molecule has 0 aromatic heterocycles. The lowest BCUT2D eigenvalue weighted by Gasteiger charge is -2.33. The van der Waals surface area contributed by atoms with Gasteiger partial charge in [0.25, 0.3) is 0 Å². The summed E-state index contributed by atoms with van der Waals surface area (Å²) in [6.45, 7) is 6.32.